The van der Waals surface area contributed by atoms with Crippen molar-refractivity contribution in [1.29, 1.82) is 0 Å². The molecule has 3 rings (SSSR count). The van der Waals surface area contributed by atoms with E-state index in [2.05, 4.69) is 22.2 Å². The van der Waals surface area contributed by atoms with Crippen molar-refractivity contribution in [2.24, 2.45) is 0 Å². The largest absolute Gasteiger partial charge is 0.349 e. The minimum Gasteiger partial charge on any atom is -0.349 e. The van der Waals surface area contributed by atoms with Gasteiger partial charge in [0.25, 0.3) is 5.91 Å². The first-order chi connectivity index (χ1) is 11.6. The van der Waals surface area contributed by atoms with Gasteiger partial charge >= 0.3 is 0 Å². The minimum atomic E-state index is -0.238. The fourth-order valence-corrected chi connectivity index (χ4v) is 3.60. The van der Waals surface area contributed by atoms with Gasteiger partial charge in [0.2, 0.25) is 0 Å². The second-order valence-corrected chi connectivity index (χ2v) is 7.04. The van der Waals surface area contributed by atoms with E-state index in [1.165, 1.54) is 23.5 Å². The molecule has 1 aromatic heterocycles. The Labute approximate surface area is 145 Å². The van der Waals surface area contributed by atoms with Crippen molar-refractivity contribution in [3.63, 3.8) is 0 Å². The summed E-state index contributed by atoms with van der Waals surface area (Å²) in [7, 11) is 2.11. The Morgan fingerprint density at radius 1 is 1.21 bits per heavy atom. The molecule has 0 aliphatic carbocycles. The van der Waals surface area contributed by atoms with Gasteiger partial charge in [-0.05, 0) is 36.2 Å². The zero-order chi connectivity index (χ0) is 16.9. The second kappa shape index (κ2) is 7.88. The Kier molecular flexibility index (Phi) is 5.60. The van der Waals surface area contributed by atoms with E-state index in [0.717, 1.165) is 31.7 Å². The van der Waals surface area contributed by atoms with Crippen LogP contribution in [0.1, 0.15) is 21.3 Å². The predicted octanol–water partition coefficient (Wildman–Crippen LogP) is 2.61. The highest BCUT2D eigenvalue weighted by Gasteiger charge is 2.24. The van der Waals surface area contributed by atoms with Crippen LogP contribution in [0.3, 0.4) is 0 Å². The number of amides is 1. The Hall–Kier alpha value is -1.76. The molecule has 1 aliphatic heterocycles. The fourth-order valence-electron chi connectivity index (χ4n) is 2.96. The lowest BCUT2D eigenvalue weighted by molar-refractivity contribution is 0.0889. The number of benzene rings is 1. The monoisotopic (exact) mass is 347 g/mol. The topological polar surface area (TPSA) is 35.6 Å². The number of likely N-dealkylation sites (N-methyl/N-ethyl adjacent to an activating group) is 1. The normalized spacial score (nSPS) is 17.6. The summed E-state index contributed by atoms with van der Waals surface area (Å²) >= 11 is 1.43. The number of thiophene rings is 1. The first-order valence-electron chi connectivity index (χ1n) is 8.13. The van der Waals surface area contributed by atoms with Gasteiger partial charge in [-0.3, -0.25) is 9.69 Å². The molecule has 0 spiro atoms. The highest BCUT2D eigenvalue weighted by atomic mass is 32.1. The van der Waals surface area contributed by atoms with Crippen LogP contribution in [0, 0.1) is 5.82 Å². The lowest BCUT2D eigenvalue weighted by Crippen LogP contribution is -2.48. The van der Waals surface area contributed by atoms with E-state index < -0.39 is 0 Å². The molecule has 1 N–H and O–H groups in total. The maximum atomic E-state index is 13.3. The van der Waals surface area contributed by atoms with Gasteiger partial charge in [0, 0.05) is 32.7 Å². The van der Waals surface area contributed by atoms with Crippen LogP contribution < -0.4 is 5.32 Å². The van der Waals surface area contributed by atoms with Crippen molar-refractivity contribution < 1.29 is 9.18 Å². The number of rotatable bonds is 5. The number of nitrogens with zero attached hydrogens (tertiary/aromatic N) is 2. The van der Waals surface area contributed by atoms with Gasteiger partial charge in [-0.15, -0.1) is 11.3 Å². The lowest BCUT2D eigenvalue weighted by atomic mass is 10.0. The average Bonchev–Trinajstić information content (AvgIpc) is 3.12. The predicted molar refractivity (Wildman–Crippen MR) is 94.9 cm³/mol. The molecule has 4 nitrogen and oxygen atoms in total. The van der Waals surface area contributed by atoms with E-state index >= 15 is 0 Å². The molecule has 2 aromatic rings. The number of nitrogens with one attached hydrogen (secondary N) is 1. The third kappa shape index (κ3) is 4.20. The number of piperazine rings is 1. The number of halogens is 1. The highest BCUT2D eigenvalue weighted by Crippen LogP contribution is 2.22. The molecule has 1 aliphatic rings. The smallest absolute Gasteiger partial charge is 0.261 e. The average molecular weight is 347 g/mol. The molecule has 2 heterocycles. The van der Waals surface area contributed by atoms with Gasteiger partial charge in [0.15, 0.2) is 0 Å². The first kappa shape index (κ1) is 17.1. The van der Waals surface area contributed by atoms with Crippen molar-refractivity contribution in [1.82, 2.24) is 15.1 Å². The Balaban J connectivity index is 1.71. The maximum Gasteiger partial charge on any atom is 0.261 e. The van der Waals surface area contributed by atoms with Crippen LogP contribution in [0.2, 0.25) is 0 Å². The third-order valence-electron chi connectivity index (χ3n) is 4.43. The van der Waals surface area contributed by atoms with Crippen LogP contribution in [-0.2, 0) is 0 Å². The van der Waals surface area contributed by atoms with Gasteiger partial charge in [-0.2, -0.15) is 0 Å². The summed E-state index contributed by atoms with van der Waals surface area (Å²) in [6.07, 6.45) is 0. The Morgan fingerprint density at radius 3 is 2.54 bits per heavy atom. The van der Waals surface area contributed by atoms with Crippen LogP contribution in [-0.4, -0.2) is 55.5 Å². The summed E-state index contributed by atoms with van der Waals surface area (Å²) in [5, 5.41) is 4.92. The van der Waals surface area contributed by atoms with Crippen LogP contribution in [0.25, 0.3) is 0 Å². The zero-order valence-corrected chi connectivity index (χ0v) is 14.6. The molecule has 1 atom stereocenters. The van der Waals surface area contributed by atoms with Gasteiger partial charge in [-0.1, -0.05) is 18.2 Å². The van der Waals surface area contributed by atoms with Crippen molar-refractivity contribution in [3.8, 4) is 0 Å². The van der Waals surface area contributed by atoms with Crippen molar-refractivity contribution in [3.05, 3.63) is 58.0 Å². The SMILES string of the molecule is CN1CCN(C(CNC(=O)c2cccs2)c2ccc(F)cc2)CC1. The third-order valence-corrected chi connectivity index (χ3v) is 5.30. The van der Waals surface area contributed by atoms with Crippen LogP contribution in [0.4, 0.5) is 4.39 Å². The number of carbonyl (C=O) groups excluding carboxylic acids is 1. The molecule has 128 valence electrons. The van der Waals surface area contributed by atoms with Crippen LogP contribution in [0.15, 0.2) is 41.8 Å². The first-order valence-corrected chi connectivity index (χ1v) is 9.01. The van der Waals surface area contributed by atoms with Gasteiger partial charge in [0.1, 0.15) is 5.82 Å². The molecule has 1 fully saturated rings. The molecule has 1 unspecified atom stereocenters. The molecule has 0 saturated carbocycles. The molecule has 1 amide bonds. The van der Waals surface area contributed by atoms with E-state index in [9.17, 15) is 9.18 Å². The summed E-state index contributed by atoms with van der Waals surface area (Å²) in [6, 6.07) is 10.4. The number of hydrogen-bond acceptors (Lipinski definition) is 4. The van der Waals surface area contributed by atoms with E-state index in [1.54, 1.807) is 0 Å². The molecule has 0 bridgehead atoms. The summed E-state index contributed by atoms with van der Waals surface area (Å²) in [5.41, 5.74) is 1.03. The van der Waals surface area contributed by atoms with Crippen LogP contribution >= 0.6 is 11.3 Å². The van der Waals surface area contributed by atoms with Gasteiger partial charge in [0.05, 0.1) is 10.9 Å². The fraction of sp³-hybridized carbons (Fsp3) is 0.389. The van der Waals surface area contributed by atoms with Crippen molar-refractivity contribution >= 4 is 17.2 Å². The lowest BCUT2D eigenvalue weighted by Gasteiger charge is -2.38. The minimum absolute atomic E-state index is 0.0498. The number of carbonyl (C=O) groups is 1. The molecule has 24 heavy (non-hydrogen) atoms. The maximum absolute atomic E-state index is 13.3. The van der Waals surface area contributed by atoms with E-state index in [-0.39, 0.29) is 17.8 Å². The molecule has 0 radical (unpaired) electrons. The summed E-state index contributed by atoms with van der Waals surface area (Å²) in [4.78, 5) is 17.6. The van der Waals surface area contributed by atoms with E-state index in [0.29, 0.717) is 11.4 Å². The van der Waals surface area contributed by atoms with Crippen LogP contribution in [0.5, 0.6) is 0 Å². The van der Waals surface area contributed by atoms with E-state index in [1.807, 2.05) is 29.6 Å². The molecule has 6 heteroatoms. The highest BCUT2D eigenvalue weighted by molar-refractivity contribution is 7.12. The summed E-state index contributed by atoms with van der Waals surface area (Å²) in [6.45, 7) is 4.39. The molecule has 1 saturated heterocycles. The number of hydrogen-bond donors (Lipinski definition) is 1. The van der Waals surface area contributed by atoms with Crippen molar-refractivity contribution in [2.45, 2.75) is 6.04 Å². The van der Waals surface area contributed by atoms with Crippen molar-refractivity contribution in [2.75, 3.05) is 39.8 Å². The molecular weight excluding hydrogens is 325 g/mol. The standard InChI is InChI=1S/C18H22FN3OS/c1-21-8-10-22(11-9-21)16(14-4-6-15(19)7-5-14)13-20-18(23)17-3-2-12-24-17/h2-7,12,16H,8-11,13H2,1H3,(H,20,23). The Morgan fingerprint density at radius 2 is 1.92 bits per heavy atom. The molecular formula is C18H22FN3OS. The van der Waals surface area contributed by atoms with Gasteiger partial charge in [-0.25, -0.2) is 4.39 Å². The quantitative estimate of drug-likeness (QED) is 0.903. The van der Waals surface area contributed by atoms with Gasteiger partial charge < -0.3 is 10.2 Å². The second-order valence-electron chi connectivity index (χ2n) is 6.09. The zero-order valence-electron chi connectivity index (χ0n) is 13.7. The summed E-state index contributed by atoms with van der Waals surface area (Å²) < 4.78 is 13.3. The van der Waals surface area contributed by atoms with E-state index in [4.69, 9.17) is 0 Å². The Bertz CT molecular complexity index is 651. The molecule has 1 aromatic carbocycles. The summed E-state index contributed by atoms with van der Waals surface area (Å²) in [5.74, 6) is -0.287.